The van der Waals surface area contributed by atoms with E-state index in [1.54, 1.807) is 6.33 Å². The number of hydrogen-bond acceptors (Lipinski definition) is 3. The molecule has 0 amide bonds. The van der Waals surface area contributed by atoms with Gasteiger partial charge in [-0.1, -0.05) is 149 Å². The second kappa shape index (κ2) is 10.6. The topological polar surface area (TPSA) is 43.6 Å². The maximum atomic E-state index is 4.44. The molecule has 0 bridgehead atoms. The molecule has 0 saturated heterocycles. The largest absolute Gasteiger partial charge is 0.200 e. The second-order valence-electron chi connectivity index (χ2n) is 9.10. The Morgan fingerprint density at radius 3 is 1.55 bits per heavy atom. The van der Waals surface area contributed by atoms with Crippen molar-refractivity contribution in [2.45, 2.75) is 10.7 Å². The van der Waals surface area contributed by atoms with Gasteiger partial charge in [0.05, 0.1) is 11.1 Å². The Balaban J connectivity index is 1.86. The minimum absolute atomic E-state index is 0.654. The van der Waals surface area contributed by atoms with E-state index in [4.69, 9.17) is 0 Å². The third-order valence-corrected chi connectivity index (χ3v) is 7.67. The highest BCUT2D eigenvalue weighted by molar-refractivity contribution is 9.08. The minimum Gasteiger partial charge on any atom is -0.200 e. The molecule has 0 aliphatic heterocycles. The molecule has 0 N–H and O–H groups in total. The molecule has 5 heteroatoms. The number of aromatic nitrogens is 4. The number of tetrazole rings is 1. The SMILES string of the molecule is BrCc1ccc(-c2ccccc2)c(-n2cnnn2)c1C(c1ccccc1)(c1ccccc1)c1ccccc1. The van der Waals surface area contributed by atoms with Crippen LogP contribution in [0.5, 0.6) is 0 Å². The maximum absolute atomic E-state index is 4.44. The second-order valence-corrected chi connectivity index (χ2v) is 9.66. The molecule has 0 aliphatic carbocycles. The van der Waals surface area contributed by atoms with Crippen molar-refractivity contribution in [2.24, 2.45) is 0 Å². The lowest BCUT2D eigenvalue weighted by molar-refractivity contribution is 0.708. The number of alkyl halides is 1. The molecule has 184 valence electrons. The van der Waals surface area contributed by atoms with E-state index >= 15 is 0 Å². The molecule has 0 aliphatic rings. The van der Waals surface area contributed by atoms with Crippen molar-refractivity contribution in [3.8, 4) is 16.8 Å². The van der Waals surface area contributed by atoms with Crippen LogP contribution in [0, 0.1) is 0 Å². The van der Waals surface area contributed by atoms with Crippen molar-refractivity contribution in [1.82, 2.24) is 20.2 Å². The molecule has 5 aromatic carbocycles. The highest BCUT2D eigenvalue weighted by atomic mass is 79.9. The van der Waals surface area contributed by atoms with Crippen molar-refractivity contribution in [3.63, 3.8) is 0 Å². The molecule has 0 fully saturated rings. The Kier molecular flexibility index (Phi) is 6.67. The van der Waals surface area contributed by atoms with E-state index in [1.165, 1.54) is 16.7 Å². The van der Waals surface area contributed by atoms with E-state index in [0.717, 1.165) is 27.9 Å². The Morgan fingerprint density at radius 1 is 0.605 bits per heavy atom. The number of nitrogens with zero attached hydrogens (tertiary/aromatic N) is 4. The lowest BCUT2D eigenvalue weighted by Gasteiger charge is -2.39. The third-order valence-electron chi connectivity index (χ3n) is 7.07. The molecule has 38 heavy (non-hydrogen) atoms. The summed E-state index contributed by atoms with van der Waals surface area (Å²) in [6, 6.07) is 47.0. The minimum atomic E-state index is -0.654. The quantitative estimate of drug-likeness (QED) is 0.150. The van der Waals surface area contributed by atoms with Gasteiger partial charge in [0.1, 0.15) is 6.33 Å². The van der Waals surface area contributed by atoms with Crippen LogP contribution in [0.1, 0.15) is 27.8 Å². The highest BCUT2D eigenvalue weighted by Gasteiger charge is 2.42. The lowest BCUT2D eigenvalue weighted by atomic mass is 9.63. The number of halogens is 1. The molecule has 6 rings (SSSR count). The average molecular weight is 557 g/mol. The van der Waals surface area contributed by atoms with Crippen LogP contribution in [0.2, 0.25) is 0 Å². The summed E-state index contributed by atoms with van der Waals surface area (Å²) >= 11 is 3.84. The van der Waals surface area contributed by atoms with Crippen LogP contribution < -0.4 is 0 Å². The molecule has 0 unspecified atom stereocenters. The van der Waals surface area contributed by atoms with E-state index in [0.29, 0.717) is 5.33 Å². The number of hydrogen-bond donors (Lipinski definition) is 0. The van der Waals surface area contributed by atoms with Crippen LogP contribution in [0.4, 0.5) is 0 Å². The van der Waals surface area contributed by atoms with Gasteiger partial charge in [0, 0.05) is 16.5 Å². The van der Waals surface area contributed by atoms with Crippen molar-refractivity contribution < 1.29 is 0 Å². The zero-order valence-corrected chi connectivity index (χ0v) is 22.2. The Hall–Kier alpha value is -4.35. The summed E-state index contributed by atoms with van der Waals surface area (Å²) in [6.45, 7) is 0. The molecule has 4 nitrogen and oxygen atoms in total. The molecular formula is C33H25BrN4. The fraction of sp³-hybridized carbons (Fsp3) is 0.0606. The van der Waals surface area contributed by atoms with Crippen LogP contribution in [0.15, 0.2) is 140 Å². The van der Waals surface area contributed by atoms with Crippen LogP contribution in [0.25, 0.3) is 16.8 Å². The molecular weight excluding hydrogens is 532 g/mol. The summed E-state index contributed by atoms with van der Waals surface area (Å²) < 4.78 is 1.81. The fourth-order valence-corrected chi connectivity index (χ4v) is 5.98. The van der Waals surface area contributed by atoms with E-state index < -0.39 is 5.41 Å². The van der Waals surface area contributed by atoms with Crippen LogP contribution >= 0.6 is 15.9 Å². The molecule has 1 aromatic heterocycles. The highest BCUT2D eigenvalue weighted by Crippen LogP contribution is 2.50. The van der Waals surface area contributed by atoms with Gasteiger partial charge in [-0.3, -0.25) is 0 Å². The summed E-state index contributed by atoms with van der Waals surface area (Å²) in [5, 5.41) is 13.2. The molecule has 0 spiro atoms. The van der Waals surface area contributed by atoms with Crippen molar-refractivity contribution >= 4 is 15.9 Å². The first-order valence-corrected chi connectivity index (χ1v) is 13.6. The normalized spacial score (nSPS) is 11.4. The summed E-state index contributed by atoms with van der Waals surface area (Å²) in [5.41, 5.74) is 8.25. The monoisotopic (exact) mass is 556 g/mol. The zero-order chi connectivity index (χ0) is 25.8. The summed E-state index contributed by atoms with van der Waals surface area (Å²) in [4.78, 5) is 0. The summed E-state index contributed by atoms with van der Waals surface area (Å²) in [7, 11) is 0. The summed E-state index contributed by atoms with van der Waals surface area (Å²) in [6.07, 6.45) is 1.69. The standard InChI is InChI=1S/C33H25BrN4/c34-23-26-21-22-30(25-13-5-1-6-14-25)32(38-24-35-36-37-38)31(26)33(27-15-7-2-8-16-27,28-17-9-3-10-18-28)29-19-11-4-12-20-29/h1-22,24H,23H2. The van der Waals surface area contributed by atoms with E-state index in [-0.39, 0.29) is 0 Å². The van der Waals surface area contributed by atoms with Gasteiger partial charge < -0.3 is 0 Å². The molecule has 0 atom stereocenters. The first-order valence-electron chi connectivity index (χ1n) is 12.5. The van der Waals surface area contributed by atoms with E-state index in [1.807, 2.05) is 10.7 Å². The van der Waals surface area contributed by atoms with Gasteiger partial charge in [-0.05, 0) is 38.2 Å². The van der Waals surface area contributed by atoms with Gasteiger partial charge >= 0.3 is 0 Å². The Bertz CT molecular complexity index is 1520. The first kappa shape index (κ1) is 24.0. The first-order chi connectivity index (χ1) is 18.8. The molecule has 6 aromatic rings. The van der Waals surface area contributed by atoms with Crippen molar-refractivity contribution in [1.29, 1.82) is 0 Å². The van der Waals surface area contributed by atoms with Crippen LogP contribution in [-0.4, -0.2) is 20.2 Å². The van der Waals surface area contributed by atoms with Gasteiger partial charge in [-0.25, -0.2) is 0 Å². The smallest absolute Gasteiger partial charge is 0.143 e. The van der Waals surface area contributed by atoms with Crippen LogP contribution in [0.3, 0.4) is 0 Å². The fourth-order valence-electron chi connectivity index (χ4n) is 5.51. The Labute approximate surface area is 230 Å². The van der Waals surface area contributed by atoms with Crippen molar-refractivity contribution in [3.05, 3.63) is 168 Å². The lowest BCUT2D eigenvalue weighted by Crippen LogP contribution is -2.34. The predicted octanol–water partition coefficient (Wildman–Crippen LogP) is 7.61. The average Bonchev–Trinajstić information content (AvgIpc) is 3.54. The van der Waals surface area contributed by atoms with Crippen molar-refractivity contribution in [2.75, 3.05) is 0 Å². The number of benzene rings is 5. The van der Waals surface area contributed by atoms with E-state index in [2.05, 4.69) is 159 Å². The maximum Gasteiger partial charge on any atom is 0.143 e. The van der Waals surface area contributed by atoms with Gasteiger partial charge in [-0.2, -0.15) is 4.68 Å². The van der Waals surface area contributed by atoms with Gasteiger partial charge in [0.15, 0.2) is 0 Å². The predicted molar refractivity (Wildman–Crippen MR) is 156 cm³/mol. The molecule has 1 heterocycles. The number of rotatable bonds is 7. The van der Waals surface area contributed by atoms with Crippen LogP contribution in [-0.2, 0) is 10.7 Å². The van der Waals surface area contributed by atoms with Gasteiger partial charge in [0.25, 0.3) is 0 Å². The van der Waals surface area contributed by atoms with E-state index in [9.17, 15) is 0 Å². The summed E-state index contributed by atoms with van der Waals surface area (Å²) in [5.74, 6) is 0. The molecule has 0 saturated carbocycles. The Morgan fingerprint density at radius 2 is 1.11 bits per heavy atom. The zero-order valence-electron chi connectivity index (χ0n) is 20.7. The third kappa shape index (κ3) is 4.05. The van der Waals surface area contributed by atoms with Gasteiger partial charge in [0.2, 0.25) is 0 Å². The molecule has 0 radical (unpaired) electrons. The van der Waals surface area contributed by atoms with Gasteiger partial charge in [-0.15, -0.1) is 5.10 Å².